The Labute approximate surface area is 170 Å². The monoisotopic (exact) mass is 393 g/mol. The summed E-state index contributed by atoms with van der Waals surface area (Å²) in [6, 6.07) is 10.4. The highest BCUT2D eigenvalue weighted by molar-refractivity contribution is 7.99. The second-order valence-electron chi connectivity index (χ2n) is 9.44. The van der Waals surface area contributed by atoms with Gasteiger partial charge in [0.15, 0.2) is 5.16 Å². The van der Waals surface area contributed by atoms with Crippen LogP contribution in [0.5, 0.6) is 0 Å². The van der Waals surface area contributed by atoms with Gasteiger partial charge in [-0.2, -0.15) is 0 Å². The SMILES string of the molecule is O=C(NCc1c(-c2ccccc2)nc2n1CCS2)C12CC3CC(CC(C3)C1)C2. The number of aromatic nitrogens is 2. The third-order valence-corrected chi connectivity index (χ3v) is 8.52. The summed E-state index contributed by atoms with van der Waals surface area (Å²) in [5.41, 5.74) is 3.27. The maximum atomic E-state index is 13.4. The van der Waals surface area contributed by atoms with E-state index in [-0.39, 0.29) is 5.41 Å². The van der Waals surface area contributed by atoms with E-state index in [1.807, 2.05) is 17.8 Å². The lowest BCUT2D eigenvalue weighted by Gasteiger charge is -2.55. The fourth-order valence-electron chi connectivity index (χ4n) is 6.78. The van der Waals surface area contributed by atoms with Crippen molar-refractivity contribution in [1.29, 1.82) is 0 Å². The van der Waals surface area contributed by atoms with Crippen LogP contribution < -0.4 is 5.32 Å². The van der Waals surface area contributed by atoms with Crippen molar-refractivity contribution >= 4 is 17.7 Å². The smallest absolute Gasteiger partial charge is 0.226 e. The molecule has 2 heterocycles. The normalized spacial score (nSPS) is 32.5. The first-order valence-electron chi connectivity index (χ1n) is 10.8. The molecule has 1 N–H and O–H groups in total. The number of hydrogen-bond donors (Lipinski definition) is 1. The number of thioether (sulfide) groups is 1. The van der Waals surface area contributed by atoms with Crippen molar-refractivity contribution in [2.45, 2.75) is 56.8 Å². The van der Waals surface area contributed by atoms with Crippen molar-refractivity contribution < 1.29 is 4.79 Å². The second kappa shape index (κ2) is 6.38. The van der Waals surface area contributed by atoms with Gasteiger partial charge >= 0.3 is 0 Å². The standard InChI is InChI=1S/C23H27N3OS/c27-21(23-11-15-8-16(12-23)10-17(9-15)13-23)24-14-19-20(18-4-2-1-3-5-18)25-22-26(19)6-7-28-22/h1-5,15-17H,6-14H2,(H,24,27). The minimum absolute atomic E-state index is 0.0791. The molecule has 0 radical (unpaired) electrons. The van der Waals surface area contributed by atoms with Crippen LogP contribution in [-0.4, -0.2) is 21.2 Å². The maximum Gasteiger partial charge on any atom is 0.226 e. The Morgan fingerprint density at radius 1 is 1.11 bits per heavy atom. The molecule has 0 spiro atoms. The molecule has 28 heavy (non-hydrogen) atoms. The summed E-state index contributed by atoms with van der Waals surface area (Å²) in [5, 5.41) is 4.47. The quantitative estimate of drug-likeness (QED) is 0.833. The molecule has 4 saturated carbocycles. The first-order chi connectivity index (χ1) is 13.7. The number of amides is 1. The molecule has 0 saturated heterocycles. The Balaban J connectivity index is 1.26. The number of rotatable bonds is 4. The zero-order valence-corrected chi connectivity index (χ0v) is 17.0. The zero-order chi connectivity index (χ0) is 18.7. The van der Waals surface area contributed by atoms with Gasteiger partial charge in [0.25, 0.3) is 0 Å². The molecule has 1 aromatic carbocycles. The molecule has 7 rings (SSSR count). The lowest BCUT2D eigenvalue weighted by atomic mass is 9.49. The van der Waals surface area contributed by atoms with E-state index >= 15 is 0 Å². The number of nitrogens with zero attached hydrogens (tertiary/aromatic N) is 2. The Hall–Kier alpha value is -1.75. The van der Waals surface area contributed by atoms with Crippen LogP contribution in [0.1, 0.15) is 44.2 Å². The fourth-order valence-corrected chi connectivity index (χ4v) is 7.75. The molecule has 5 heteroatoms. The lowest BCUT2D eigenvalue weighted by Crippen LogP contribution is -2.53. The third kappa shape index (κ3) is 2.66. The average Bonchev–Trinajstić information content (AvgIpc) is 3.27. The molecule has 2 aromatic rings. The van der Waals surface area contributed by atoms with Gasteiger partial charge in [0.2, 0.25) is 5.91 Å². The van der Waals surface area contributed by atoms with Gasteiger partial charge in [0.05, 0.1) is 17.9 Å². The van der Waals surface area contributed by atoms with Gasteiger partial charge in [0.1, 0.15) is 0 Å². The molecule has 0 atom stereocenters. The highest BCUT2D eigenvalue weighted by Gasteiger charge is 2.54. The van der Waals surface area contributed by atoms with Crippen molar-refractivity contribution in [1.82, 2.24) is 14.9 Å². The Kier molecular flexibility index (Phi) is 3.90. The summed E-state index contributed by atoms with van der Waals surface area (Å²) in [6.45, 7) is 1.58. The number of fused-ring (bicyclic) bond motifs is 1. The van der Waals surface area contributed by atoms with Crippen LogP contribution in [-0.2, 0) is 17.9 Å². The van der Waals surface area contributed by atoms with Crippen LogP contribution in [0.2, 0.25) is 0 Å². The number of benzene rings is 1. The van der Waals surface area contributed by atoms with E-state index in [1.165, 1.54) is 25.0 Å². The van der Waals surface area contributed by atoms with Crippen molar-refractivity contribution in [3.8, 4) is 11.3 Å². The molecule has 5 aliphatic rings. The number of carbonyl (C=O) groups is 1. The minimum atomic E-state index is -0.0791. The van der Waals surface area contributed by atoms with E-state index in [0.29, 0.717) is 12.5 Å². The summed E-state index contributed by atoms with van der Waals surface area (Å²) in [5.74, 6) is 3.78. The largest absolute Gasteiger partial charge is 0.350 e. The molecular weight excluding hydrogens is 366 g/mol. The number of hydrogen-bond acceptors (Lipinski definition) is 3. The predicted molar refractivity (Wildman–Crippen MR) is 111 cm³/mol. The highest BCUT2D eigenvalue weighted by atomic mass is 32.2. The number of nitrogens with one attached hydrogen (secondary N) is 1. The lowest BCUT2D eigenvalue weighted by molar-refractivity contribution is -0.146. The molecule has 0 unspecified atom stereocenters. The van der Waals surface area contributed by atoms with Gasteiger partial charge in [-0.25, -0.2) is 4.98 Å². The van der Waals surface area contributed by atoms with E-state index in [1.54, 1.807) is 0 Å². The van der Waals surface area contributed by atoms with Crippen molar-refractivity contribution in [2.24, 2.45) is 23.2 Å². The van der Waals surface area contributed by atoms with Gasteiger partial charge < -0.3 is 9.88 Å². The molecule has 146 valence electrons. The minimum Gasteiger partial charge on any atom is -0.350 e. The zero-order valence-electron chi connectivity index (χ0n) is 16.2. The van der Waals surface area contributed by atoms with Gasteiger partial charge in [-0.15, -0.1) is 0 Å². The number of imidazole rings is 1. The average molecular weight is 394 g/mol. The summed E-state index contributed by atoms with van der Waals surface area (Å²) < 4.78 is 2.31. The molecule has 1 aliphatic heterocycles. The first-order valence-corrected chi connectivity index (χ1v) is 11.7. The first kappa shape index (κ1) is 17.1. The van der Waals surface area contributed by atoms with E-state index in [2.05, 4.69) is 34.1 Å². The van der Waals surface area contributed by atoms with Crippen LogP contribution in [0.25, 0.3) is 11.3 Å². The molecule has 4 aliphatic carbocycles. The van der Waals surface area contributed by atoms with Crippen molar-refractivity contribution in [2.75, 3.05) is 5.75 Å². The molecule has 1 amide bonds. The van der Waals surface area contributed by atoms with E-state index in [9.17, 15) is 4.79 Å². The Morgan fingerprint density at radius 3 is 2.46 bits per heavy atom. The molecule has 4 fully saturated rings. The van der Waals surface area contributed by atoms with Crippen LogP contribution >= 0.6 is 11.8 Å². The van der Waals surface area contributed by atoms with Gasteiger partial charge in [-0.05, 0) is 56.3 Å². The molecule has 4 bridgehead atoms. The van der Waals surface area contributed by atoms with Gasteiger partial charge in [-0.1, -0.05) is 42.1 Å². The maximum absolute atomic E-state index is 13.4. The Morgan fingerprint density at radius 2 is 1.79 bits per heavy atom. The summed E-state index contributed by atoms with van der Waals surface area (Å²) in [6.07, 6.45) is 7.48. The number of carbonyl (C=O) groups excluding carboxylic acids is 1. The van der Waals surface area contributed by atoms with Crippen molar-refractivity contribution in [3.05, 3.63) is 36.0 Å². The van der Waals surface area contributed by atoms with Crippen LogP contribution in [0, 0.1) is 23.2 Å². The van der Waals surface area contributed by atoms with Gasteiger partial charge in [0, 0.05) is 23.3 Å². The summed E-state index contributed by atoms with van der Waals surface area (Å²) in [4.78, 5) is 18.3. The van der Waals surface area contributed by atoms with E-state index < -0.39 is 0 Å². The predicted octanol–water partition coefficient (Wildman–Crippen LogP) is 4.49. The van der Waals surface area contributed by atoms with Crippen LogP contribution in [0.3, 0.4) is 0 Å². The topological polar surface area (TPSA) is 46.9 Å². The summed E-state index contributed by atoms with van der Waals surface area (Å²) >= 11 is 1.82. The van der Waals surface area contributed by atoms with Crippen LogP contribution in [0.4, 0.5) is 0 Å². The molecule has 1 aromatic heterocycles. The van der Waals surface area contributed by atoms with Crippen LogP contribution in [0.15, 0.2) is 35.5 Å². The Bertz CT molecular complexity index is 884. The third-order valence-electron chi connectivity index (χ3n) is 7.57. The van der Waals surface area contributed by atoms with Gasteiger partial charge in [-0.3, -0.25) is 4.79 Å². The highest BCUT2D eigenvalue weighted by Crippen LogP contribution is 2.60. The second-order valence-corrected chi connectivity index (χ2v) is 10.5. The molecular formula is C23H27N3OS. The van der Waals surface area contributed by atoms with Crippen molar-refractivity contribution in [3.63, 3.8) is 0 Å². The van der Waals surface area contributed by atoms with E-state index in [0.717, 1.165) is 65.7 Å². The molecule has 4 nitrogen and oxygen atoms in total. The summed E-state index contributed by atoms with van der Waals surface area (Å²) in [7, 11) is 0. The van der Waals surface area contributed by atoms with E-state index in [4.69, 9.17) is 4.98 Å². The fraction of sp³-hybridized carbons (Fsp3) is 0.565.